The van der Waals surface area contributed by atoms with E-state index in [-0.39, 0.29) is 17.2 Å². The second-order valence-corrected chi connectivity index (χ2v) is 3.73. The van der Waals surface area contributed by atoms with Gasteiger partial charge < -0.3 is 10.0 Å². The molecule has 6 heteroatoms. The van der Waals surface area contributed by atoms with Crippen LogP contribution in [-0.4, -0.2) is 27.6 Å². The third-order valence-electron chi connectivity index (χ3n) is 2.60. The van der Waals surface area contributed by atoms with Gasteiger partial charge in [-0.3, -0.25) is 0 Å². The van der Waals surface area contributed by atoms with Crippen LogP contribution in [0.2, 0.25) is 0 Å². The number of anilines is 2. The molecule has 19 heavy (non-hydrogen) atoms. The smallest absolute Gasteiger partial charge is 0.358 e. The molecule has 0 aliphatic carbocycles. The molecular formula is C13H12FN3O2. The fourth-order valence-corrected chi connectivity index (χ4v) is 1.78. The number of aromatic nitrogens is 2. The summed E-state index contributed by atoms with van der Waals surface area (Å²) in [7, 11) is 0. The summed E-state index contributed by atoms with van der Waals surface area (Å²) in [4.78, 5) is 20.4. The van der Waals surface area contributed by atoms with Gasteiger partial charge in [0, 0.05) is 18.9 Å². The quantitative estimate of drug-likeness (QED) is 0.915. The molecule has 0 saturated carbocycles. The summed E-state index contributed by atoms with van der Waals surface area (Å²) in [6.07, 6.45) is 2.67. The van der Waals surface area contributed by atoms with Crippen LogP contribution in [0.25, 0.3) is 0 Å². The average Bonchev–Trinajstić information content (AvgIpc) is 2.42. The van der Waals surface area contributed by atoms with E-state index in [0.717, 1.165) is 0 Å². The summed E-state index contributed by atoms with van der Waals surface area (Å²) < 4.78 is 13.8. The summed E-state index contributed by atoms with van der Waals surface area (Å²) in [5.41, 5.74) is 0.0700. The minimum atomic E-state index is -1.20. The number of carbonyl (C=O) groups is 1. The molecule has 0 aliphatic heterocycles. The fraction of sp³-hybridized carbons (Fsp3) is 0.154. The second-order valence-electron chi connectivity index (χ2n) is 3.73. The lowest BCUT2D eigenvalue weighted by molar-refractivity contribution is 0.0691. The molecule has 0 fully saturated rings. The molecule has 0 unspecified atom stereocenters. The number of halogens is 1. The lowest BCUT2D eigenvalue weighted by atomic mass is 10.2. The van der Waals surface area contributed by atoms with Gasteiger partial charge in [0.1, 0.15) is 5.82 Å². The Bertz CT molecular complexity index is 604. The number of rotatable bonds is 4. The van der Waals surface area contributed by atoms with Crippen molar-refractivity contribution in [3.05, 3.63) is 48.2 Å². The van der Waals surface area contributed by atoms with Crippen LogP contribution in [0.5, 0.6) is 0 Å². The minimum absolute atomic E-state index is 0.127. The number of hydrogen-bond acceptors (Lipinski definition) is 4. The first kappa shape index (κ1) is 12.9. The van der Waals surface area contributed by atoms with Crippen molar-refractivity contribution < 1.29 is 14.3 Å². The highest BCUT2D eigenvalue weighted by Gasteiger charge is 2.20. The Balaban J connectivity index is 2.55. The lowest BCUT2D eigenvalue weighted by Crippen LogP contribution is -2.22. The van der Waals surface area contributed by atoms with Gasteiger partial charge in [-0.25, -0.2) is 19.2 Å². The van der Waals surface area contributed by atoms with Crippen LogP contribution in [0, 0.1) is 5.82 Å². The van der Waals surface area contributed by atoms with Gasteiger partial charge in [0.05, 0.1) is 5.69 Å². The number of benzene rings is 1. The molecule has 98 valence electrons. The summed E-state index contributed by atoms with van der Waals surface area (Å²) >= 11 is 0. The maximum atomic E-state index is 13.8. The largest absolute Gasteiger partial charge is 0.476 e. The SMILES string of the molecule is CCN(c1ccccc1F)c1nccnc1C(=O)O. The van der Waals surface area contributed by atoms with E-state index in [0.29, 0.717) is 6.54 Å². The number of carboxylic acid groups (broad SMARTS) is 1. The van der Waals surface area contributed by atoms with E-state index in [4.69, 9.17) is 5.11 Å². The molecule has 0 radical (unpaired) electrons. The standard InChI is InChI=1S/C13H12FN3O2/c1-2-17(10-6-4-3-5-9(10)14)12-11(13(18)19)15-7-8-16-12/h3-8H,2H2,1H3,(H,18,19). The van der Waals surface area contributed by atoms with Crippen molar-refractivity contribution in [1.29, 1.82) is 0 Å². The molecule has 0 spiro atoms. The number of carboxylic acids is 1. The molecule has 0 bridgehead atoms. The molecule has 0 amide bonds. The Morgan fingerprint density at radius 2 is 2.00 bits per heavy atom. The van der Waals surface area contributed by atoms with Gasteiger partial charge in [0.2, 0.25) is 0 Å². The van der Waals surface area contributed by atoms with Gasteiger partial charge in [-0.05, 0) is 19.1 Å². The Hall–Kier alpha value is -2.50. The van der Waals surface area contributed by atoms with Crippen LogP contribution in [0.4, 0.5) is 15.9 Å². The summed E-state index contributed by atoms with van der Waals surface area (Å²) in [5, 5.41) is 9.10. The number of nitrogens with zero attached hydrogens (tertiary/aromatic N) is 3. The van der Waals surface area contributed by atoms with Crippen molar-refractivity contribution >= 4 is 17.5 Å². The molecule has 1 aromatic heterocycles. The predicted octanol–water partition coefficient (Wildman–Crippen LogP) is 2.47. The van der Waals surface area contributed by atoms with E-state index in [9.17, 15) is 9.18 Å². The Kier molecular flexibility index (Phi) is 3.70. The van der Waals surface area contributed by atoms with Gasteiger partial charge in [0.15, 0.2) is 11.5 Å². The van der Waals surface area contributed by atoms with Crippen molar-refractivity contribution in [3.8, 4) is 0 Å². The number of para-hydroxylation sites is 1. The highest BCUT2D eigenvalue weighted by Crippen LogP contribution is 2.27. The number of hydrogen-bond donors (Lipinski definition) is 1. The first-order chi connectivity index (χ1) is 9.15. The van der Waals surface area contributed by atoms with Gasteiger partial charge in [-0.2, -0.15) is 0 Å². The third-order valence-corrected chi connectivity index (χ3v) is 2.60. The van der Waals surface area contributed by atoms with Crippen molar-refractivity contribution in [2.45, 2.75) is 6.92 Å². The Morgan fingerprint density at radius 3 is 2.63 bits per heavy atom. The molecule has 0 atom stereocenters. The van der Waals surface area contributed by atoms with Crippen LogP contribution in [0.1, 0.15) is 17.4 Å². The van der Waals surface area contributed by atoms with Crippen LogP contribution >= 0.6 is 0 Å². The number of aromatic carboxylic acids is 1. The van der Waals surface area contributed by atoms with E-state index < -0.39 is 11.8 Å². The zero-order chi connectivity index (χ0) is 13.8. The van der Waals surface area contributed by atoms with Crippen LogP contribution in [0.15, 0.2) is 36.7 Å². The first-order valence-electron chi connectivity index (χ1n) is 5.71. The van der Waals surface area contributed by atoms with Gasteiger partial charge in [-0.1, -0.05) is 12.1 Å². The highest BCUT2D eigenvalue weighted by atomic mass is 19.1. The van der Waals surface area contributed by atoms with Gasteiger partial charge in [0.25, 0.3) is 0 Å². The van der Waals surface area contributed by atoms with E-state index in [1.807, 2.05) is 0 Å². The molecule has 2 rings (SSSR count). The molecular weight excluding hydrogens is 249 g/mol. The monoisotopic (exact) mass is 261 g/mol. The second kappa shape index (κ2) is 5.43. The fourth-order valence-electron chi connectivity index (χ4n) is 1.78. The Labute approximate surface area is 109 Å². The van der Waals surface area contributed by atoms with Crippen molar-refractivity contribution in [2.24, 2.45) is 0 Å². The maximum absolute atomic E-state index is 13.8. The average molecular weight is 261 g/mol. The van der Waals surface area contributed by atoms with E-state index in [2.05, 4.69) is 9.97 Å². The van der Waals surface area contributed by atoms with Crippen molar-refractivity contribution in [2.75, 3.05) is 11.4 Å². The maximum Gasteiger partial charge on any atom is 0.358 e. The van der Waals surface area contributed by atoms with E-state index >= 15 is 0 Å². The van der Waals surface area contributed by atoms with Crippen molar-refractivity contribution in [1.82, 2.24) is 9.97 Å². The zero-order valence-corrected chi connectivity index (χ0v) is 10.2. The normalized spacial score (nSPS) is 10.2. The van der Waals surface area contributed by atoms with Crippen LogP contribution < -0.4 is 4.90 Å². The highest BCUT2D eigenvalue weighted by molar-refractivity contribution is 5.92. The Morgan fingerprint density at radius 1 is 1.32 bits per heavy atom. The zero-order valence-electron chi connectivity index (χ0n) is 10.2. The van der Waals surface area contributed by atoms with E-state index in [1.165, 1.54) is 23.4 Å². The molecule has 2 aromatic rings. The molecule has 1 N–H and O–H groups in total. The van der Waals surface area contributed by atoms with Gasteiger partial charge in [-0.15, -0.1) is 0 Å². The third kappa shape index (κ3) is 2.52. The van der Waals surface area contributed by atoms with E-state index in [1.54, 1.807) is 25.1 Å². The summed E-state index contributed by atoms with van der Waals surface area (Å²) in [6, 6.07) is 6.13. The lowest BCUT2D eigenvalue weighted by Gasteiger charge is -2.23. The summed E-state index contributed by atoms with van der Waals surface area (Å²) in [5.74, 6) is -1.51. The van der Waals surface area contributed by atoms with Gasteiger partial charge >= 0.3 is 5.97 Å². The molecule has 5 nitrogen and oxygen atoms in total. The predicted molar refractivity (Wildman–Crippen MR) is 68.1 cm³/mol. The minimum Gasteiger partial charge on any atom is -0.476 e. The van der Waals surface area contributed by atoms with Crippen LogP contribution in [-0.2, 0) is 0 Å². The summed E-state index contributed by atoms with van der Waals surface area (Å²) in [6.45, 7) is 2.16. The molecule has 0 aliphatic rings. The first-order valence-corrected chi connectivity index (χ1v) is 5.71. The molecule has 1 aromatic carbocycles. The molecule has 0 saturated heterocycles. The molecule has 1 heterocycles. The van der Waals surface area contributed by atoms with Crippen molar-refractivity contribution in [3.63, 3.8) is 0 Å². The van der Waals surface area contributed by atoms with Crippen LogP contribution in [0.3, 0.4) is 0 Å². The topological polar surface area (TPSA) is 66.3 Å².